The van der Waals surface area contributed by atoms with E-state index in [9.17, 15) is 23.2 Å². The van der Waals surface area contributed by atoms with Gasteiger partial charge in [-0.1, -0.05) is 0 Å². The molecule has 0 saturated heterocycles. The highest BCUT2D eigenvalue weighted by Gasteiger charge is 2.38. The lowest BCUT2D eigenvalue weighted by atomic mass is 9.73. The van der Waals surface area contributed by atoms with Gasteiger partial charge in [0.1, 0.15) is 11.4 Å². The minimum atomic E-state index is -2.31. The van der Waals surface area contributed by atoms with E-state index >= 15 is 0 Å². The zero-order chi connectivity index (χ0) is 21.7. The molecule has 1 aliphatic carbocycles. The maximum Gasteiger partial charge on any atom is 0.254 e. The molecule has 3 N–H and O–H groups in total. The van der Waals surface area contributed by atoms with Crippen molar-refractivity contribution >= 4 is 17.4 Å². The number of rotatable bonds is 8. The molecule has 0 bridgehead atoms. The molecule has 1 aromatic heterocycles. The van der Waals surface area contributed by atoms with Crippen molar-refractivity contribution in [2.24, 2.45) is 11.7 Å². The highest BCUT2D eigenvalue weighted by Crippen LogP contribution is 2.42. The normalized spacial score (nSPS) is 21.4. The van der Waals surface area contributed by atoms with Crippen molar-refractivity contribution < 1.29 is 18.0 Å². The minimum Gasteiger partial charge on any atom is -0.365 e. The fourth-order valence-electron chi connectivity index (χ4n) is 4.06. The number of nitriles is 1. The van der Waals surface area contributed by atoms with E-state index in [2.05, 4.69) is 16.5 Å². The Morgan fingerprint density at radius 1 is 1.33 bits per heavy atom. The number of carbonyl (C=O) groups is 1. The second-order valence-corrected chi connectivity index (χ2v) is 7.80. The number of hydrogen-bond acceptors (Lipinski definition) is 4. The highest BCUT2D eigenvalue weighted by molar-refractivity contribution is 5.98. The van der Waals surface area contributed by atoms with Crippen LogP contribution in [0.5, 0.6) is 0 Å². The summed E-state index contributed by atoms with van der Waals surface area (Å²) in [7, 11) is 0. The smallest absolute Gasteiger partial charge is 0.254 e. The van der Waals surface area contributed by atoms with Crippen LogP contribution in [-0.4, -0.2) is 22.1 Å². The fraction of sp³-hybridized carbons (Fsp3) is 0.476. The summed E-state index contributed by atoms with van der Waals surface area (Å²) in [4.78, 5) is 12.0. The summed E-state index contributed by atoms with van der Waals surface area (Å²) in [6.07, 6.45) is 2.38. The lowest BCUT2D eigenvalue weighted by molar-refractivity contribution is 0.0997. The number of carbonyl (C=O) groups excluding carboxylic acids is 1. The van der Waals surface area contributed by atoms with Crippen molar-refractivity contribution in [2.45, 2.75) is 56.9 Å². The Labute approximate surface area is 172 Å². The van der Waals surface area contributed by atoms with E-state index in [0.29, 0.717) is 37.8 Å². The third-order valence-corrected chi connectivity index (χ3v) is 5.81. The number of primary amides is 1. The molecule has 1 aromatic carbocycles. The molecule has 0 unspecified atom stereocenters. The van der Waals surface area contributed by atoms with Crippen molar-refractivity contribution in [1.29, 1.82) is 5.26 Å². The first-order chi connectivity index (χ1) is 14.3. The molecule has 30 heavy (non-hydrogen) atoms. The van der Waals surface area contributed by atoms with Crippen LogP contribution >= 0.6 is 0 Å². The van der Waals surface area contributed by atoms with Gasteiger partial charge in [0.15, 0.2) is 5.82 Å². The minimum absolute atomic E-state index is 0.116. The first-order valence-corrected chi connectivity index (χ1v) is 9.90. The highest BCUT2D eigenvalue weighted by atomic mass is 19.3. The van der Waals surface area contributed by atoms with Crippen LogP contribution in [0.25, 0.3) is 0 Å². The van der Waals surface area contributed by atoms with Gasteiger partial charge in [-0.25, -0.2) is 13.2 Å². The van der Waals surface area contributed by atoms with E-state index in [1.54, 1.807) is 4.68 Å². The van der Waals surface area contributed by atoms with Crippen LogP contribution in [-0.2, 0) is 5.54 Å². The average molecular weight is 419 g/mol. The van der Waals surface area contributed by atoms with Gasteiger partial charge in [-0.05, 0) is 62.3 Å². The number of amides is 1. The standard InChI is InChI=1S/C21H24F3N5O/c22-15-2-4-16(5-3-15)27-20-17(19(26)30)13-29(28-20)21(11-12-25)9-7-14(8-10-21)1-6-18(23)24/h2-5,13-14,18H,1,6-11H2,(H2,26,30)(H,27,28). The zero-order valence-corrected chi connectivity index (χ0v) is 16.5. The lowest BCUT2D eigenvalue weighted by Crippen LogP contribution is -2.38. The summed E-state index contributed by atoms with van der Waals surface area (Å²) < 4.78 is 39.8. The second-order valence-electron chi connectivity index (χ2n) is 7.80. The molecular weight excluding hydrogens is 395 g/mol. The summed E-state index contributed by atoms with van der Waals surface area (Å²) in [5.41, 5.74) is 5.59. The van der Waals surface area contributed by atoms with E-state index in [1.807, 2.05) is 0 Å². The lowest BCUT2D eigenvalue weighted by Gasteiger charge is -2.39. The molecule has 3 rings (SSSR count). The Bertz CT molecular complexity index is 912. The second kappa shape index (κ2) is 9.20. The molecule has 160 valence electrons. The van der Waals surface area contributed by atoms with Crippen LogP contribution in [0.3, 0.4) is 0 Å². The summed E-state index contributed by atoms with van der Waals surface area (Å²) in [5, 5.41) is 16.9. The number of halogens is 3. The van der Waals surface area contributed by atoms with Gasteiger partial charge in [0.25, 0.3) is 5.91 Å². The van der Waals surface area contributed by atoms with Crippen LogP contribution in [0, 0.1) is 23.1 Å². The number of nitrogens with zero attached hydrogens (tertiary/aromatic N) is 3. The number of aromatic nitrogens is 2. The summed E-state index contributed by atoms with van der Waals surface area (Å²) in [5.74, 6) is -0.651. The van der Waals surface area contributed by atoms with E-state index in [1.165, 1.54) is 30.5 Å². The fourth-order valence-corrected chi connectivity index (χ4v) is 4.06. The number of anilines is 2. The van der Waals surface area contributed by atoms with Crippen LogP contribution < -0.4 is 11.1 Å². The van der Waals surface area contributed by atoms with Gasteiger partial charge in [-0.15, -0.1) is 0 Å². The largest absolute Gasteiger partial charge is 0.365 e. The maximum absolute atomic E-state index is 13.2. The number of nitrogens with one attached hydrogen (secondary N) is 1. The molecule has 1 amide bonds. The van der Waals surface area contributed by atoms with Gasteiger partial charge in [0.05, 0.1) is 18.0 Å². The van der Waals surface area contributed by atoms with Crippen LogP contribution in [0.4, 0.5) is 24.7 Å². The number of benzene rings is 1. The molecule has 1 aliphatic rings. The van der Waals surface area contributed by atoms with Gasteiger partial charge in [-0.2, -0.15) is 10.4 Å². The predicted molar refractivity (Wildman–Crippen MR) is 106 cm³/mol. The summed E-state index contributed by atoms with van der Waals surface area (Å²) in [6.45, 7) is 0. The van der Waals surface area contributed by atoms with E-state index < -0.39 is 23.7 Å². The van der Waals surface area contributed by atoms with Gasteiger partial charge < -0.3 is 11.1 Å². The molecule has 1 fully saturated rings. The van der Waals surface area contributed by atoms with E-state index in [0.717, 1.165) is 0 Å². The summed E-state index contributed by atoms with van der Waals surface area (Å²) >= 11 is 0. The summed E-state index contributed by atoms with van der Waals surface area (Å²) in [6, 6.07) is 7.78. The van der Waals surface area contributed by atoms with Crippen molar-refractivity contribution in [3.05, 3.63) is 41.8 Å². The molecule has 0 radical (unpaired) electrons. The van der Waals surface area contributed by atoms with E-state index in [4.69, 9.17) is 5.73 Å². The molecule has 0 atom stereocenters. The van der Waals surface area contributed by atoms with E-state index in [-0.39, 0.29) is 30.1 Å². The van der Waals surface area contributed by atoms with Crippen LogP contribution in [0.1, 0.15) is 55.3 Å². The predicted octanol–water partition coefficient (Wildman–Crippen LogP) is 4.71. The van der Waals surface area contributed by atoms with Gasteiger partial charge >= 0.3 is 0 Å². The van der Waals surface area contributed by atoms with Gasteiger partial charge in [0.2, 0.25) is 6.43 Å². The van der Waals surface area contributed by atoms with Gasteiger partial charge in [-0.3, -0.25) is 9.48 Å². The molecule has 0 spiro atoms. The van der Waals surface area contributed by atoms with Gasteiger partial charge in [0, 0.05) is 18.3 Å². The quantitative estimate of drug-likeness (QED) is 0.648. The molecule has 1 heterocycles. The third-order valence-electron chi connectivity index (χ3n) is 5.81. The SMILES string of the molecule is N#CCC1(n2cc(C(N)=O)c(Nc3ccc(F)cc3)n2)CCC(CCC(F)F)CC1. The molecule has 1 saturated carbocycles. The zero-order valence-electron chi connectivity index (χ0n) is 16.5. The molecular formula is C21H24F3N5O. The number of nitrogens with two attached hydrogens (primary N) is 1. The van der Waals surface area contributed by atoms with Crippen molar-refractivity contribution in [3.8, 4) is 6.07 Å². The molecule has 9 heteroatoms. The third kappa shape index (κ3) is 4.93. The van der Waals surface area contributed by atoms with Crippen molar-refractivity contribution in [1.82, 2.24) is 9.78 Å². The first-order valence-electron chi connectivity index (χ1n) is 9.90. The van der Waals surface area contributed by atoms with Crippen molar-refractivity contribution in [3.63, 3.8) is 0 Å². The Kier molecular flexibility index (Phi) is 6.65. The Morgan fingerprint density at radius 2 is 2.00 bits per heavy atom. The maximum atomic E-state index is 13.2. The molecule has 6 nitrogen and oxygen atoms in total. The average Bonchev–Trinajstić information content (AvgIpc) is 3.14. The monoisotopic (exact) mass is 419 g/mol. The Hall–Kier alpha value is -3.02. The Morgan fingerprint density at radius 3 is 2.57 bits per heavy atom. The topological polar surface area (TPSA) is 96.7 Å². The van der Waals surface area contributed by atoms with Crippen molar-refractivity contribution in [2.75, 3.05) is 5.32 Å². The molecule has 0 aliphatic heterocycles. The Balaban J connectivity index is 1.84. The number of hydrogen-bond donors (Lipinski definition) is 2. The first kappa shape index (κ1) is 21.7. The van der Waals surface area contributed by atoms with Crippen LogP contribution in [0.2, 0.25) is 0 Å². The molecule has 2 aromatic rings. The number of alkyl halides is 2. The van der Waals surface area contributed by atoms with Crippen LogP contribution in [0.15, 0.2) is 30.5 Å².